The molecule has 3 heterocycles. The van der Waals surface area contributed by atoms with E-state index in [9.17, 15) is 18.0 Å². The van der Waals surface area contributed by atoms with E-state index in [2.05, 4.69) is 9.97 Å². The van der Waals surface area contributed by atoms with Crippen LogP contribution in [0, 0.1) is 6.92 Å². The number of rotatable bonds is 2. The van der Waals surface area contributed by atoms with Crippen LogP contribution >= 0.6 is 0 Å². The predicted molar refractivity (Wildman–Crippen MR) is 95.2 cm³/mol. The van der Waals surface area contributed by atoms with Crippen LogP contribution in [-0.4, -0.2) is 52.1 Å². The van der Waals surface area contributed by atoms with Crippen LogP contribution in [0.4, 0.5) is 24.7 Å². The molecule has 1 N–H and O–H groups in total. The average molecular weight is 392 g/mol. The number of nitrogens with zero attached hydrogens (tertiary/aromatic N) is 4. The topological polar surface area (TPSA) is 69.6 Å². The first-order chi connectivity index (χ1) is 13.2. The van der Waals surface area contributed by atoms with Crippen LogP contribution < -0.4 is 4.90 Å². The lowest BCUT2D eigenvalue weighted by Crippen LogP contribution is -2.38. The van der Waals surface area contributed by atoms with Gasteiger partial charge in [-0.2, -0.15) is 13.2 Å². The Balaban J connectivity index is 1.80. The Bertz CT molecular complexity index is 916. The first kappa shape index (κ1) is 18.7. The van der Waals surface area contributed by atoms with Crippen molar-refractivity contribution in [3.05, 3.63) is 47.4 Å². The van der Waals surface area contributed by atoms with E-state index in [0.29, 0.717) is 36.6 Å². The van der Waals surface area contributed by atoms with Crippen LogP contribution in [0.2, 0.25) is 0 Å². The number of aryl methyl sites for hydroxylation is 1. The van der Waals surface area contributed by atoms with Crippen LogP contribution in [0.5, 0.6) is 0 Å². The molecular formula is C19H19F3N4O2. The Hall–Kier alpha value is -2.68. The van der Waals surface area contributed by atoms with Gasteiger partial charge in [0.2, 0.25) is 5.91 Å². The zero-order chi connectivity index (χ0) is 20.1. The summed E-state index contributed by atoms with van der Waals surface area (Å²) in [6.45, 7) is 2.25. The third-order valence-electron chi connectivity index (χ3n) is 5.53. The first-order valence-corrected chi connectivity index (χ1v) is 8.90. The molecule has 1 amide bonds. The van der Waals surface area contributed by atoms with Crippen LogP contribution in [-0.2, 0) is 16.4 Å². The molecule has 2 aromatic rings. The molecule has 4 rings (SSSR count). The maximum atomic E-state index is 13.3. The van der Waals surface area contributed by atoms with E-state index in [1.807, 2.05) is 4.90 Å². The smallest absolute Gasteiger partial charge is 0.387 e. The van der Waals surface area contributed by atoms with Gasteiger partial charge in [-0.15, -0.1) is 0 Å². The Labute approximate surface area is 159 Å². The molecule has 148 valence electrons. The van der Waals surface area contributed by atoms with Gasteiger partial charge < -0.3 is 14.9 Å². The van der Waals surface area contributed by atoms with Gasteiger partial charge >= 0.3 is 6.18 Å². The number of hydrogen-bond acceptors (Lipinski definition) is 5. The molecule has 1 spiro atoms. The number of aliphatic hydroxyl groups excluding tert-OH is 1. The minimum absolute atomic E-state index is 0.260. The van der Waals surface area contributed by atoms with Crippen LogP contribution in [0.25, 0.3) is 0 Å². The van der Waals surface area contributed by atoms with Crippen LogP contribution in [0.15, 0.2) is 30.6 Å². The van der Waals surface area contributed by atoms with E-state index in [1.165, 1.54) is 17.0 Å². The zero-order valence-corrected chi connectivity index (χ0v) is 15.2. The highest BCUT2D eigenvalue weighted by atomic mass is 19.4. The number of anilines is 2. The normalized spacial score (nSPS) is 21.5. The molecule has 0 bridgehead atoms. The van der Waals surface area contributed by atoms with E-state index >= 15 is 0 Å². The summed E-state index contributed by atoms with van der Waals surface area (Å²) in [6.07, 6.45) is -0.725. The number of hydrogen-bond donors (Lipinski definition) is 1. The number of benzene rings is 1. The molecule has 1 saturated heterocycles. The molecule has 0 saturated carbocycles. The highest BCUT2D eigenvalue weighted by molar-refractivity contribution is 5.79. The van der Waals surface area contributed by atoms with Gasteiger partial charge in [0.25, 0.3) is 0 Å². The zero-order valence-electron chi connectivity index (χ0n) is 15.2. The third kappa shape index (κ3) is 2.99. The van der Waals surface area contributed by atoms with E-state index in [4.69, 9.17) is 5.11 Å². The molecular weight excluding hydrogens is 373 g/mol. The molecule has 1 fully saturated rings. The van der Waals surface area contributed by atoms with E-state index in [0.717, 1.165) is 11.8 Å². The highest BCUT2D eigenvalue weighted by Crippen LogP contribution is 2.50. The Morgan fingerprint density at radius 3 is 2.68 bits per heavy atom. The molecule has 6 nitrogen and oxygen atoms in total. The molecule has 28 heavy (non-hydrogen) atoms. The highest BCUT2D eigenvalue weighted by Gasteiger charge is 2.49. The van der Waals surface area contributed by atoms with Crippen molar-refractivity contribution in [2.24, 2.45) is 0 Å². The number of carbonyl (C=O) groups is 1. The monoisotopic (exact) mass is 392 g/mol. The van der Waals surface area contributed by atoms with Gasteiger partial charge in [0.05, 0.1) is 23.7 Å². The average Bonchev–Trinajstić information content (AvgIpc) is 3.24. The lowest BCUT2D eigenvalue weighted by atomic mass is 9.81. The van der Waals surface area contributed by atoms with Gasteiger partial charge in [0.15, 0.2) is 5.82 Å². The second-order valence-electron chi connectivity index (χ2n) is 7.34. The number of amides is 1. The summed E-state index contributed by atoms with van der Waals surface area (Å²) in [5.41, 5.74) is 0.580. The number of aromatic nitrogens is 2. The molecule has 0 radical (unpaired) electrons. The molecule has 9 heteroatoms. The van der Waals surface area contributed by atoms with E-state index in [-0.39, 0.29) is 6.54 Å². The first-order valence-electron chi connectivity index (χ1n) is 8.90. The molecule has 1 atom stereocenters. The predicted octanol–water partition coefficient (Wildman–Crippen LogP) is 2.42. The SMILES string of the molecule is Cc1cnc(N2CC3(CCN(C(=O)CO)C3)c3cc(C(F)(F)F)ccc32)cn1. The summed E-state index contributed by atoms with van der Waals surface area (Å²) in [5.74, 6) is 0.134. The van der Waals surface area contributed by atoms with Crippen molar-refractivity contribution in [3.8, 4) is 0 Å². The van der Waals surface area contributed by atoms with Crippen LogP contribution in [0.1, 0.15) is 23.2 Å². The fraction of sp³-hybridized carbons (Fsp3) is 0.421. The van der Waals surface area contributed by atoms with Crippen molar-refractivity contribution in [1.29, 1.82) is 0 Å². The minimum atomic E-state index is -4.45. The van der Waals surface area contributed by atoms with Gasteiger partial charge in [0.1, 0.15) is 6.61 Å². The van der Waals surface area contributed by atoms with Crippen molar-refractivity contribution in [1.82, 2.24) is 14.9 Å². The molecule has 1 unspecified atom stereocenters. The van der Waals surface area contributed by atoms with Crippen molar-refractivity contribution >= 4 is 17.4 Å². The molecule has 2 aliphatic heterocycles. The number of carbonyl (C=O) groups excluding carboxylic acids is 1. The Morgan fingerprint density at radius 2 is 2.04 bits per heavy atom. The molecule has 0 aliphatic carbocycles. The van der Waals surface area contributed by atoms with Gasteiger partial charge in [-0.3, -0.25) is 9.78 Å². The summed E-state index contributed by atoms with van der Waals surface area (Å²) >= 11 is 0. The van der Waals surface area contributed by atoms with Crippen molar-refractivity contribution < 1.29 is 23.1 Å². The van der Waals surface area contributed by atoms with Gasteiger partial charge in [-0.1, -0.05) is 0 Å². The maximum Gasteiger partial charge on any atom is 0.416 e. The molecule has 1 aromatic heterocycles. The number of halogens is 3. The van der Waals surface area contributed by atoms with Gasteiger partial charge in [-0.25, -0.2) is 4.98 Å². The molecule has 2 aliphatic rings. The second kappa shape index (κ2) is 6.44. The second-order valence-corrected chi connectivity index (χ2v) is 7.34. The number of alkyl halides is 3. The summed E-state index contributed by atoms with van der Waals surface area (Å²) in [5, 5.41) is 9.16. The van der Waals surface area contributed by atoms with Crippen molar-refractivity contribution in [2.45, 2.75) is 24.9 Å². The minimum Gasteiger partial charge on any atom is -0.387 e. The van der Waals surface area contributed by atoms with Gasteiger partial charge in [0, 0.05) is 30.7 Å². The Kier molecular flexibility index (Phi) is 4.29. The van der Waals surface area contributed by atoms with Gasteiger partial charge in [-0.05, 0) is 37.1 Å². The lowest BCUT2D eigenvalue weighted by molar-refractivity contribution is -0.137. The fourth-order valence-electron chi connectivity index (χ4n) is 4.11. The van der Waals surface area contributed by atoms with Crippen molar-refractivity contribution in [3.63, 3.8) is 0 Å². The van der Waals surface area contributed by atoms with E-state index < -0.39 is 29.7 Å². The summed E-state index contributed by atoms with van der Waals surface area (Å²) < 4.78 is 40.0. The standard InChI is InChI=1S/C19H19F3N4O2/c1-12-7-24-16(8-23-12)26-11-18(4-5-25(10-18)17(28)9-27)14-6-13(19(20,21)22)2-3-15(14)26/h2-3,6-8,27H,4-5,9-11H2,1H3. The summed E-state index contributed by atoms with van der Waals surface area (Å²) in [4.78, 5) is 23.9. The third-order valence-corrected chi connectivity index (χ3v) is 5.53. The summed E-state index contributed by atoms with van der Waals surface area (Å²) in [6, 6.07) is 3.72. The summed E-state index contributed by atoms with van der Waals surface area (Å²) in [7, 11) is 0. The largest absolute Gasteiger partial charge is 0.416 e. The van der Waals surface area contributed by atoms with E-state index in [1.54, 1.807) is 19.3 Å². The number of aliphatic hydroxyl groups is 1. The lowest BCUT2D eigenvalue weighted by Gasteiger charge is -2.26. The fourth-order valence-corrected chi connectivity index (χ4v) is 4.11. The Morgan fingerprint density at radius 1 is 1.25 bits per heavy atom. The maximum absolute atomic E-state index is 13.3. The van der Waals surface area contributed by atoms with Crippen molar-refractivity contribution in [2.75, 3.05) is 31.1 Å². The van der Waals surface area contributed by atoms with Crippen LogP contribution in [0.3, 0.4) is 0 Å². The molecule has 1 aromatic carbocycles. The number of fused-ring (bicyclic) bond motifs is 2. The number of likely N-dealkylation sites (tertiary alicyclic amines) is 1. The quantitative estimate of drug-likeness (QED) is 0.850.